The quantitative estimate of drug-likeness (QED) is 0.307. The SMILES string of the molecule is COc1ccc(C2NC(=O)NC(CCc3ccccc3OC)=C2C(=O)OCc2cccc(N)c2)cc1. The van der Waals surface area contributed by atoms with Crippen molar-refractivity contribution in [2.45, 2.75) is 25.5 Å². The van der Waals surface area contributed by atoms with E-state index in [2.05, 4.69) is 10.6 Å². The summed E-state index contributed by atoms with van der Waals surface area (Å²) in [7, 11) is 3.19. The largest absolute Gasteiger partial charge is 0.497 e. The van der Waals surface area contributed by atoms with Gasteiger partial charge in [-0.1, -0.05) is 42.5 Å². The number of amides is 2. The molecule has 1 aliphatic rings. The van der Waals surface area contributed by atoms with Gasteiger partial charge in [-0.2, -0.15) is 0 Å². The van der Waals surface area contributed by atoms with Crippen LogP contribution in [0.4, 0.5) is 10.5 Å². The van der Waals surface area contributed by atoms with Gasteiger partial charge in [-0.25, -0.2) is 9.59 Å². The van der Waals surface area contributed by atoms with Gasteiger partial charge in [0.2, 0.25) is 0 Å². The van der Waals surface area contributed by atoms with Gasteiger partial charge in [0.15, 0.2) is 0 Å². The maximum atomic E-state index is 13.5. The molecular weight excluding hydrogens is 458 g/mol. The molecule has 3 aromatic carbocycles. The number of rotatable bonds is 9. The molecule has 8 heteroatoms. The lowest BCUT2D eigenvalue weighted by Crippen LogP contribution is -2.46. The van der Waals surface area contributed by atoms with E-state index in [0.717, 1.165) is 22.4 Å². The van der Waals surface area contributed by atoms with Crippen molar-refractivity contribution in [3.05, 3.63) is 101 Å². The van der Waals surface area contributed by atoms with Crippen molar-refractivity contribution < 1.29 is 23.8 Å². The van der Waals surface area contributed by atoms with Crippen molar-refractivity contribution >= 4 is 17.7 Å². The van der Waals surface area contributed by atoms with Crippen LogP contribution in [0.2, 0.25) is 0 Å². The second-order valence-electron chi connectivity index (χ2n) is 8.33. The summed E-state index contributed by atoms with van der Waals surface area (Å²) in [6.45, 7) is 0.0520. The summed E-state index contributed by atoms with van der Waals surface area (Å²) in [5.41, 5.74) is 9.76. The zero-order valence-electron chi connectivity index (χ0n) is 20.2. The van der Waals surface area contributed by atoms with Crippen LogP contribution in [0.25, 0.3) is 0 Å². The Morgan fingerprint density at radius 1 is 0.944 bits per heavy atom. The molecule has 4 N–H and O–H groups in total. The molecule has 186 valence electrons. The van der Waals surface area contributed by atoms with E-state index in [9.17, 15) is 9.59 Å². The number of urea groups is 1. The standard InChI is InChI=1S/C28H29N3O5/c1-34-22-13-10-20(11-14-22)26-25(27(32)36-17-18-6-5-8-21(29)16-18)23(30-28(33)31-26)15-12-19-7-3-4-9-24(19)35-2/h3-11,13-14,16,26H,12,15,17,29H2,1-2H3,(H2,30,31,33). The molecule has 0 bridgehead atoms. The Hall–Kier alpha value is -4.46. The Bertz CT molecular complexity index is 1270. The molecule has 2 amide bonds. The number of anilines is 1. The number of ether oxygens (including phenoxy) is 3. The van der Waals surface area contributed by atoms with Crippen molar-refractivity contribution in [2.75, 3.05) is 20.0 Å². The molecule has 1 heterocycles. The fraction of sp³-hybridized carbons (Fsp3) is 0.214. The van der Waals surface area contributed by atoms with E-state index in [1.165, 1.54) is 0 Å². The third-order valence-electron chi connectivity index (χ3n) is 5.98. The number of benzene rings is 3. The fourth-order valence-corrected chi connectivity index (χ4v) is 4.18. The molecule has 0 saturated carbocycles. The van der Waals surface area contributed by atoms with Crippen molar-refractivity contribution in [1.82, 2.24) is 10.6 Å². The smallest absolute Gasteiger partial charge is 0.338 e. The summed E-state index contributed by atoms with van der Waals surface area (Å²) in [5.74, 6) is 0.891. The number of nitrogens with one attached hydrogen (secondary N) is 2. The fourth-order valence-electron chi connectivity index (χ4n) is 4.18. The van der Waals surface area contributed by atoms with E-state index in [1.54, 1.807) is 44.6 Å². The highest BCUT2D eigenvalue weighted by Crippen LogP contribution is 2.31. The van der Waals surface area contributed by atoms with Crippen LogP contribution in [-0.4, -0.2) is 26.2 Å². The lowest BCUT2D eigenvalue weighted by molar-refractivity contribution is -0.140. The van der Waals surface area contributed by atoms with Crippen LogP contribution in [0.15, 0.2) is 84.1 Å². The highest BCUT2D eigenvalue weighted by atomic mass is 16.5. The minimum atomic E-state index is -0.689. The van der Waals surface area contributed by atoms with Gasteiger partial charge in [0.25, 0.3) is 0 Å². The van der Waals surface area contributed by atoms with Crippen molar-refractivity contribution in [3.8, 4) is 11.5 Å². The van der Waals surface area contributed by atoms with Gasteiger partial charge in [-0.05, 0) is 59.9 Å². The van der Waals surface area contributed by atoms with Gasteiger partial charge in [-0.3, -0.25) is 0 Å². The summed E-state index contributed by atoms with van der Waals surface area (Å²) in [6.07, 6.45) is 0.962. The Labute approximate surface area is 210 Å². The molecule has 4 rings (SSSR count). The number of hydrogen-bond acceptors (Lipinski definition) is 6. The lowest BCUT2D eigenvalue weighted by Gasteiger charge is -2.29. The average Bonchev–Trinajstić information content (AvgIpc) is 2.90. The van der Waals surface area contributed by atoms with E-state index in [4.69, 9.17) is 19.9 Å². The first kappa shape index (κ1) is 24.7. The third-order valence-corrected chi connectivity index (χ3v) is 5.98. The van der Waals surface area contributed by atoms with E-state index in [1.807, 2.05) is 42.5 Å². The topological polar surface area (TPSA) is 112 Å². The Morgan fingerprint density at radius 3 is 2.44 bits per heavy atom. The average molecular weight is 488 g/mol. The summed E-state index contributed by atoms with van der Waals surface area (Å²) >= 11 is 0. The van der Waals surface area contributed by atoms with Crippen molar-refractivity contribution in [1.29, 1.82) is 0 Å². The second-order valence-corrected chi connectivity index (χ2v) is 8.33. The first-order valence-corrected chi connectivity index (χ1v) is 11.6. The van der Waals surface area contributed by atoms with Crippen LogP contribution >= 0.6 is 0 Å². The lowest BCUT2D eigenvalue weighted by atomic mass is 9.93. The molecule has 1 unspecified atom stereocenters. The monoisotopic (exact) mass is 487 g/mol. The second kappa shape index (κ2) is 11.3. The molecule has 0 saturated heterocycles. The number of para-hydroxylation sites is 1. The van der Waals surface area contributed by atoms with Gasteiger partial charge >= 0.3 is 12.0 Å². The number of esters is 1. The zero-order chi connectivity index (χ0) is 25.5. The maximum Gasteiger partial charge on any atom is 0.338 e. The maximum absolute atomic E-state index is 13.5. The summed E-state index contributed by atoms with van der Waals surface area (Å²) in [5, 5.41) is 5.69. The molecule has 0 radical (unpaired) electrons. The molecule has 8 nitrogen and oxygen atoms in total. The first-order chi connectivity index (χ1) is 17.5. The van der Waals surface area contributed by atoms with Gasteiger partial charge in [-0.15, -0.1) is 0 Å². The third kappa shape index (κ3) is 5.78. The molecule has 0 aliphatic carbocycles. The van der Waals surface area contributed by atoms with E-state index in [0.29, 0.717) is 35.5 Å². The number of nitrogens with two attached hydrogens (primary N) is 1. The molecule has 1 atom stereocenters. The number of hydrogen-bond donors (Lipinski definition) is 3. The minimum Gasteiger partial charge on any atom is -0.497 e. The van der Waals surface area contributed by atoms with Crippen LogP contribution in [-0.2, 0) is 22.6 Å². The number of aryl methyl sites for hydroxylation is 1. The minimum absolute atomic E-state index is 0.0520. The molecule has 0 aromatic heterocycles. The number of carbonyl (C=O) groups excluding carboxylic acids is 2. The van der Waals surface area contributed by atoms with Crippen molar-refractivity contribution in [3.63, 3.8) is 0 Å². The van der Waals surface area contributed by atoms with E-state index in [-0.39, 0.29) is 6.61 Å². The molecule has 1 aliphatic heterocycles. The van der Waals surface area contributed by atoms with E-state index >= 15 is 0 Å². The Kier molecular flexibility index (Phi) is 7.75. The summed E-state index contributed by atoms with van der Waals surface area (Å²) in [6, 6.07) is 21.0. The first-order valence-electron chi connectivity index (χ1n) is 11.6. The zero-order valence-corrected chi connectivity index (χ0v) is 20.2. The normalized spacial score (nSPS) is 15.1. The number of carbonyl (C=O) groups is 2. The number of nitrogen functional groups attached to an aromatic ring is 1. The molecule has 36 heavy (non-hydrogen) atoms. The molecule has 3 aromatic rings. The predicted octanol–water partition coefficient (Wildman–Crippen LogP) is 4.27. The van der Waals surface area contributed by atoms with Gasteiger partial charge in [0, 0.05) is 11.4 Å². The number of methoxy groups -OCH3 is 2. The van der Waals surface area contributed by atoms with Gasteiger partial charge < -0.3 is 30.6 Å². The van der Waals surface area contributed by atoms with Crippen molar-refractivity contribution in [2.24, 2.45) is 0 Å². The molecule has 0 fully saturated rings. The van der Waals surface area contributed by atoms with Crippen LogP contribution in [0.1, 0.15) is 29.2 Å². The highest BCUT2D eigenvalue weighted by molar-refractivity contribution is 5.95. The van der Waals surface area contributed by atoms with Gasteiger partial charge in [0.05, 0.1) is 25.8 Å². The summed E-state index contributed by atoms with van der Waals surface area (Å²) < 4.78 is 16.4. The molecular formula is C28H29N3O5. The number of allylic oxidation sites excluding steroid dienone is 1. The van der Waals surface area contributed by atoms with Crippen LogP contribution in [0.3, 0.4) is 0 Å². The van der Waals surface area contributed by atoms with Crippen LogP contribution in [0, 0.1) is 0 Å². The summed E-state index contributed by atoms with van der Waals surface area (Å²) in [4.78, 5) is 26.1. The van der Waals surface area contributed by atoms with Crippen LogP contribution < -0.4 is 25.8 Å². The highest BCUT2D eigenvalue weighted by Gasteiger charge is 2.33. The Balaban J connectivity index is 1.66. The van der Waals surface area contributed by atoms with Crippen LogP contribution in [0.5, 0.6) is 11.5 Å². The van der Waals surface area contributed by atoms with E-state index < -0.39 is 18.0 Å². The molecule has 0 spiro atoms. The Morgan fingerprint density at radius 2 is 1.72 bits per heavy atom. The van der Waals surface area contributed by atoms with Gasteiger partial charge in [0.1, 0.15) is 18.1 Å². The predicted molar refractivity (Wildman–Crippen MR) is 136 cm³/mol.